The van der Waals surface area contributed by atoms with Gasteiger partial charge >= 0.3 is 0 Å². The Labute approximate surface area is 82.9 Å². The van der Waals surface area contributed by atoms with Crippen LogP contribution in [0.3, 0.4) is 0 Å². The maximum Gasteiger partial charge on any atom is 0.0456 e. The van der Waals surface area contributed by atoms with Crippen LogP contribution >= 0.6 is 0 Å². The third-order valence-electron chi connectivity index (χ3n) is 2.27. The van der Waals surface area contributed by atoms with Crippen LogP contribution in [0.25, 0.3) is 0 Å². The van der Waals surface area contributed by atoms with E-state index in [1.165, 1.54) is 32.1 Å². The number of rotatable bonds is 8. The van der Waals surface area contributed by atoms with Crippen molar-refractivity contribution in [2.24, 2.45) is 5.92 Å². The molecule has 0 rings (SSSR count). The van der Waals surface area contributed by atoms with Crippen LogP contribution in [-0.2, 0) is 0 Å². The summed E-state index contributed by atoms with van der Waals surface area (Å²) in [5, 5.41) is 8.79. The molecule has 0 saturated carbocycles. The first-order chi connectivity index (χ1) is 6.31. The molecule has 0 radical (unpaired) electrons. The third-order valence-corrected chi connectivity index (χ3v) is 2.27. The van der Waals surface area contributed by atoms with Gasteiger partial charge in [-0.15, -0.1) is 0 Å². The quantitative estimate of drug-likeness (QED) is 0.452. The molecule has 0 aliphatic heterocycles. The predicted molar refractivity (Wildman–Crippen MR) is 58.8 cm³/mol. The summed E-state index contributed by atoms with van der Waals surface area (Å²) in [7, 11) is 0. The lowest BCUT2D eigenvalue weighted by Gasteiger charge is -2.04. The summed E-state index contributed by atoms with van der Waals surface area (Å²) in [6.07, 6.45) is 11.9. The Balaban J connectivity index is 3.10. The average Bonchev–Trinajstić information content (AvgIpc) is 2.16. The summed E-state index contributed by atoms with van der Waals surface area (Å²) in [5.41, 5.74) is 0. The molecule has 0 fully saturated rings. The van der Waals surface area contributed by atoms with E-state index in [-0.39, 0.29) is 0 Å². The zero-order valence-corrected chi connectivity index (χ0v) is 9.13. The predicted octanol–water partition coefficient (Wildman–Crippen LogP) is 3.53. The van der Waals surface area contributed by atoms with Gasteiger partial charge in [0, 0.05) is 6.61 Å². The summed E-state index contributed by atoms with van der Waals surface area (Å²) in [5.74, 6) is 0.476. The highest BCUT2D eigenvalue weighted by atomic mass is 16.3. The standard InChI is InChI=1S/C12H24O/c1-3-4-5-6-7-8-9-10-12(2)11-13/h6-7,12-13H,3-5,8-11H2,1-2H3/b7-6+. The van der Waals surface area contributed by atoms with Gasteiger partial charge in [0.2, 0.25) is 0 Å². The molecule has 13 heavy (non-hydrogen) atoms. The minimum absolute atomic E-state index is 0.333. The molecule has 0 heterocycles. The van der Waals surface area contributed by atoms with Crippen LogP contribution in [0.5, 0.6) is 0 Å². The minimum atomic E-state index is 0.333. The molecule has 0 aromatic carbocycles. The van der Waals surface area contributed by atoms with Crippen molar-refractivity contribution in [1.29, 1.82) is 0 Å². The fourth-order valence-corrected chi connectivity index (χ4v) is 1.23. The van der Waals surface area contributed by atoms with E-state index < -0.39 is 0 Å². The van der Waals surface area contributed by atoms with Crippen LogP contribution < -0.4 is 0 Å². The van der Waals surface area contributed by atoms with E-state index in [2.05, 4.69) is 26.0 Å². The highest BCUT2D eigenvalue weighted by Crippen LogP contribution is 2.07. The van der Waals surface area contributed by atoms with E-state index in [0.717, 1.165) is 6.42 Å². The van der Waals surface area contributed by atoms with Gasteiger partial charge < -0.3 is 5.11 Å². The molecule has 0 aliphatic carbocycles. The molecule has 0 amide bonds. The topological polar surface area (TPSA) is 20.2 Å². The zero-order valence-electron chi connectivity index (χ0n) is 9.13. The average molecular weight is 184 g/mol. The lowest BCUT2D eigenvalue weighted by Crippen LogP contribution is -1.99. The van der Waals surface area contributed by atoms with Crippen molar-refractivity contribution in [3.63, 3.8) is 0 Å². The smallest absolute Gasteiger partial charge is 0.0456 e. The van der Waals surface area contributed by atoms with Crippen molar-refractivity contribution in [1.82, 2.24) is 0 Å². The molecule has 0 bridgehead atoms. The number of hydrogen-bond acceptors (Lipinski definition) is 1. The van der Waals surface area contributed by atoms with Gasteiger partial charge in [-0.05, 0) is 31.6 Å². The SMILES string of the molecule is CCCC/C=C/CCCC(C)CO. The fourth-order valence-electron chi connectivity index (χ4n) is 1.23. The first-order valence-corrected chi connectivity index (χ1v) is 5.57. The minimum Gasteiger partial charge on any atom is -0.396 e. The van der Waals surface area contributed by atoms with Gasteiger partial charge in [0.15, 0.2) is 0 Å². The molecule has 0 saturated heterocycles. The molecule has 0 aliphatic rings. The monoisotopic (exact) mass is 184 g/mol. The van der Waals surface area contributed by atoms with Crippen molar-refractivity contribution in [2.45, 2.75) is 52.4 Å². The third kappa shape index (κ3) is 9.62. The zero-order chi connectivity index (χ0) is 9.94. The molecule has 78 valence electrons. The Hall–Kier alpha value is -0.300. The lowest BCUT2D eigenvalue weighted by atomic mass is 10.1. The van der Waals surface area contributed by atoms with Crippen LogP contribution in [0.15, 0.2) is 12.2 Å². The van der Waals surface area contributed by atoms with Gasteiger partial charge in [0.25, 0.3) is 0 Å². The van der Waals surface area contributed by atoms with Gasteiger partial charge in [-0.25, -0.2) is 0 Å². The van der Waals surface area contributed by atoms with E-state index in [4.69, 9.17) is 5.11 Å². The van der Waals surface area contributed by atoms with Gasteiger partial charge in [-0.3, -0.25) is 0 Å². The van der Waals surface area contributed by atoms with Gasteiger partial charge in [0.05, 0.1) is 0 Å². The molecule has 1 N–H and O–H groups in total. The largest absolute Gasteiger partial charge is 0.396 e. The van der Waals surface area contributed by atoms with Crippen molar-refractivity contribution in [2.75, 3.05) is 6.61 Å². The molecule has 0 aromatic rings. The fraction of sp³-hybridized carbons (Fsp3) is 0.833. The lowest BCUT2D eigenvalue weighted by molar-refractivity contribution is 0.228. The normalized spacial score (nSPS) is 13.8. The Morgan fingerprint density at radius 1 is 1.15 bits per heavy atom. The maximum atomic E-state index is 8.79. The number of allylic oxidation sites excluding steroid dienone is 2. The van der Waals surface area contributed by atoms with Gasteiger partial charge in [-0.1, -0.05) is 38.8 Å². The van der Waals surface area contributed by atoms with E-state index in [0.29, 0.717) is 12.5 Å². The van der Waals surface area contributed by atoms with Crippen molar-refractivity contribution in [3.8, 4) is 0 Å². The highest BCUT2D eigenvalue weighted by Gasteiger charge is 1.96. The van der Waals surface area contributed by atoms with Crippen LogP contribution in [-0.4, -0.2) is 11.7 Å². The van der Waals surface area contributed by atoms with E-state index in [1.54, 1.807) is 0 Å². The summed E-state index contributed by atoms with van der Waals surface area (Å²) in [6.45, 7) is 4.65. The second-order valence-electron chi connectivity index (χ2n) is 3.83. The molecular weight excluding hydrogens is 160 g/mol. The molecule has 0 aromatic heterocycles. The molecule has 1 nitrogen and oxygen atoms in total. The summed E-state index contributed by atoms with van der Waals surface area (Å²) >= 11 is 0. The number of aliphatic hydroxyl groups is 1. The van der Waals surface area contributed by atoms with E-state index in [9.17, 15) is 0 Å². The second-order valence-corrected chi connectivity index (χ2v) is 3.83. The summed E-state index contributed by atoms with van der Waals surface area (Å²) < 4.78 is 0. The Bertz CT molecular complexity index is 118. The second kappa shape index (κ2) is 9.79. The molecule has 0 spiro atoms. The van der Waals surface area contributed by atoms with Crippen LogP contribution in [0.1, 0.15) is 52.4 Å². The maximum absolute atomic E-state index is 8.79. The van der Waals surface area contributed by atoms with Crippen LogP contribution in [0.4, 0.5) is 0 Å². The van der Waals surface area contributed by atoms with Gasteiger partial charge in [-0.2, -0.15) is 0 Å². The summed E-state index contributed by atoms with van der Waals surface area (Å²) in [6, 6.07) is 0. The number of unbranched alkanes of at least 4 members (excludes halogenated alkanes) is 3. The number of aliphatic hydroxyl groups excluding tert-OH is 1. The molecule has 1 heteroatoms. The Morgan fingerprint density at radius 2 is 1.77 bits per heavy atom. The Kier molecular flexibility index (Phi) is 9.56. The van der Waals surface area contributed by atoms with E-state index >= 15 is 0 Å². The first kappa shape index (κ1) is 12.7. The molecule has 1 atom stereocenters. The van der Waals surface area contributed by atoms with Crippen LogP contribution in [0, 0.1) is 5.92 Å². The summed E-state index contributed by atoms with van der Waals surface area (Å²) in [4.78, 5) is 0. The van der Waals surface area contributed by atoms with Crippen molar-refractivity contribution >= 4 is 0 Å². The van der Waals surface area contributed by atoms with Crippen LogP contribution in [0.2, 0.25) is 0 Å². The number of hydrogen-bond donors (Lipinski definition) is 1. The molecule has 1 unspecified atom stereocenters. The van der Waals surface area contributed by atoms with Crippen molar-refractivity contribution in [3.05, 3.63) is 12.2 Å². The Morgan fingerprint density at radius 3 is 2.31 bits per heavy atom. The van der Waals surface area contributed by atoms with Gasteiger partial charge in [0.1, 0.15) is 0 Å². The molecular formula is C12H24O. The first-order valence-electron chi connectivity index (χ1n) is 5.57. The van der Waals surface area contributed by atoms with E-state index in [1.807, 2.05) is 0 Å². The van der Waals surface area contributed by atoms with Crippen molar-refractivity contribution < 1.29 is 5.11 Å². The highest BCUT2D eigenvalue weighted by molar-refractivity contribution is 4.81.